The average molecular weight is 288 g/mol. The summed E-state index contributed by atoms with van der Waals surface area (Å²) in [6.07, 6.45) is 1.71. The minimum Gasteiger partial charge on any atom is -0.475 e. The Bertz CT molecular complexity index is 615. The monoisotopic (exact) mass is 288 g/mol. The van der Waals surface area contributed by atoms with Crippen molar-refractivity contribution in [2.24, 2.45) is 0 Å². The zero-order valence-corrected chi connectivity index (χ0v) is 12.7. The van der Waals surface area contributed by atoms with Gasteiger partial charge in [-0.05, 0) is 33.8 Å². The number of nitrogens with one attached hydrogen (secondary N) is 2. The Balaban J connectivity index is 2.08. The van der Waals surface area contributed by atoms with E-state index < -0.39 is 0 Å². The number of amides is 1. The number of H-pyrrole nitrogens is 1. The quantitative estimate of drug-likeness (QED) is 0.883. The summed E-state index contributed by atoms with van der Waals surface area (Å²) in [5.74, 6) is 0.395. The van der Waals surface area contributed by atoms with Crippen molar-refractivity contribution in [1.29, 1.82) is 0 Å². The van der Waals surface area contributed by atoms with Crippen molar-refractivity contribution in [3.63, 3.8) is 0 Å². The lowest BCUT2D eigenvalue weighted by Gasteiger charge is -2.13. The maximum Gasteiger partial charge on any atom is 0.255 e. The molecule has 0 aliphatic carbocycles. The largest absolute Gasteiger partial charge is 0.475 e. The standard InChI is InChI=1S/C15H20N4O2/c1-9(2)21-15-12(6-5-7-16-15)8-17-14(20)13-10(3)18-19-11(13)4/h5-7,9H,8H2,1-4H3,(H,17,20)(H,18,19). The number of aromatic amines is 1. The molecule has 0 spiro atoms. The Labute approximate surface area is 123 Å². The van der Waals surface area contributed by atoms with E-state index in [1.54, 1.807) is 13.1 Å². The maximum absolute atomic E-state index is 12.2. The number of carbonyl (C=O) groups is 1. The normalized spacial score (nSPS) is 10.7. The van der Waals surface area contributed by atoms with Crippen LogP contribution in [-0.4, -0.2) is 27.2 Å². The van der Waals surface area contributed by atoms with Crippen molar-refractivity contribution in [3.8, 4) is 5.88 Å². The second kappa shape index (κ2) is 6.39. The maximum atomic E-state index is 12.2. The predicted molar refractivity (Wildman–Crippen MR) is 79.2 cm³/mol. The van der Waals surface area contributed by atoms with Crippen LogP contribution in [-0.2, 0) is 6.54 Å². The Hall–Kier alpha value is -2.37. The third-order valence-corrected chi connectivity index (χ3v) is 2.99. The lowest BCUT2D eigenvalue weighted by atomic mass is 10.2. The minimum atomic E-state index is -0.155. The van der Waals surface area contributed by atoms with Crippen LogP contribution in [0.25, 0.3) is 0 Å². The van der Waals surface area contributed by atoms with Crippen molar-refractivity contribution in [2.45, 2.75) is 40.3 Å². The van der Waals surface area contributed by atoms with E-state index in [0.29, 0.717) is 23.7 Å². The lowest BCUT2D eigenvalue weighted by molar-refractivity contribution is 0.0949. The first-order chi connectivity index (χ1) is 9.99. The van der Waals surface area contributed by atoms with E-state index in [0.717, 1.165) is 11.3 Å². The van der Waals surface area contributed by atoms with Crippen LogP contribution in [0.2, 0.25) is 0 Å². The number of pyridine rings is 1. The van der Waals surface area contributed by atoms with Gasteiger partial charge in [0.15, 0.2) is 0 Å². The van der Waals surface area contributed by atoms with Gasteiger partial charge >= 0.3 is 0 Å². The molecule has 0 radical (unpaired) electrons. The molecule has 21 heavy (non-hydrogen) atoms. The number of ether oxygens (including phenoxy) is 1. The molecule has 0 aliphatic heterocycles. The van der Waals surface area contributed by atoms with Crippen molar-refractivity contribution in [2.75, 3.05) is 0 Å². The number of hydrogen-bond acceptors (Lipinski definition) is 4. The van der Waals surface area contributed by atoms with E-state index in [1.165, 1.54) is 0 Å². The third kappa shape index (κ3) is 3.59. The summed E-state index contributed by atoms with van der Waals surface area (Å²) in [7, 11) is 0. The van der Waals surface area contributed by atoms with Crippen LogP contribution >= 0.6 is 0 Å². The first kappa shape index (κ1) is 15.0. The van der Waals surface area contributed by atoms with Gasteiger partial charge < -0.3 is 10.1 Å². The molecule has 0 bridgehead atoms. The molecule has 1 amide bonds. The second-order valence-corrected chi connectivity index (χ2v) is 5.13. The van der Waals surface area contributed by atoms with Crippen molar-refractivity contribution in [1.82, 2.24) is 20.5 Å². The topological polar surface area (TPSA) is 79.9 Å². The fraction of sp³-hybridized carbons (Fsp3) is 0.400. The van der Waals surface area contributed by atoms with Crippen molar-refractivity contribution < 1.29 is 9.53 Å². The number of rotatable bonds is 5. The molecule has 0 saturated carbocycles. The molecular formula is C15H20N4O2. The molecule has 2 aromatic rings. The molecule has 112 valence electrons. The van der Waals surface area contributed by atoms with Gasteiger partial charge in [0.1, 0.15) is 0 Å². The van der Waals surface area contributed by atoms with Crippen LogP contribution < -0.4 is 10.1 Å². The van der Waals surface area contributed by atoms with E-state index in [-0.39, 0.29) is 12.0 Å². The number of carbonyl (C=O) groups excluding carboxylic acids is 1. The van der Waals surface area contributed by atoms with Crippen LogP contribution in [0.4, 0.5) is 0 Å². The van der Waals surface area contributed by atoms with Crippen LogP contribution in [0.5, 0.6) is 5.88 Å². The van der Waals surface area contributed by atoms with Gasteiger partial charge in [0.25, 0.3) is 5.91 Å². The first-order valence-corrected chi connectivity index (χ1v) is 6.89. The number of hydrogen-bond donors (Lipinski definition) is 2. The Morgan fingerprint density at radius 1 is 1.43 bits per heavy atom. The minimum absolute atomic E-state index is 0.0349. The van der Waals surface area contributed by atoms with Gasteiger partial charge in [0.2, 0.25) is 5.88 Å². The molecule has 0 unspecified atom stereocenters. The van der Waals surface area contributed by atoms with Gasteiger partial charge in [-0.25, -0.2) is 4.98 Å². The SMILES string of the molecule is Cc1n[nH]c(C)c1C(=O)NCc1cccnc1OC(C)C. The van der Waals surface area contributed by atoms with E-state index in [9.17, 15) is 4.79 Å². The van der Waals surface area contributed by atoms with Gasteiger partial charge in [-0.3, -0.25) is 9.89 Å². The van der Waals surface area contributed by atoms with Gasteiger partial charge in [0, 0.05) is 24.0 Å². The van der Waals surface area contributed by atoms with E-state index in [4.69, 9.17) is 4.74 Å². The summed E-state index contributed by atoms with van der Waals surface area (Å²) in [4.78, 5) is 16.4. The smallest absolute Gasteiger partial charge is 0.255 e. The predicted octanol–water partition coefficient (Wildman–Crippen LogP) is 2.14. The highest BCUT2D eigenvalue weighted by atomic mass is 16.5. The van der Waals surface area contributed by atoms with E-state index in [1.807, 2.05) is 32.9 Å². The molecule has 0 atom stereocenters. The number of nitrogens with zero attached hydrogens (tertiary/aromatic N) is 2. The number of aryl methyl sites for hydroxylation is 2. The summed E-state index contributed by atoms with van der Waals surface area (Å²) in [5.41, 5.74) is 2.88. The molecule has 2 N–H and O–H groups in total. The fourth-order valence-corrected chi connectivity index (χ4v) is 2.04. The second-order valence-electron chi connectivity index (χ2n) is 5.13. The van der Waals surface area contributed by atoms with E-state index in [2.05, 4.69) is 20.5 Å². The van der Waals surface area contributed by atoms with Gasteiger partial charge in [-0.1, -0.05) is 6.07 Å². The zero-order valence-electron chi connectivity index (χ0n) is 12.7. The molecule has 6 heteroatoms. The average Bonchev–Trinajstić information content (AvgIpc) is 2.76. The van der Waals surface area contributed by atoms with Gasteiger partial charge in [0.05, 0.1) is 17.4 Å². The highest BCUT2D eigenvalue weighted by Crippen LogP contribution is 2.16. The molecule has 6 nitrogen and oxygen atoms in total. The summed E-state index contributed by atoms with van der Waals surface area (Å²) >= 11 is 0. The third-order valence-electron chi connectivity index (χ3n) is 2.99. The highest BCUT2D eigenvalue weighted by molar-refractivity contribution is 5.96. The summed E-state index contributed by atoms with van der Waals surface area (Å²) in [6.45, 7) is 7.87. The van der Waals surface area contributed by atoms with E-state index >= 15 is 0 Å². The van der Waals surface area contributed by atoms with Gasteiger partial charge in [-0.15, -0.1) is 0 Å². The lowest BCUT2D eigenvalue weighted by Crippen LogP contribution is -2.24. The molecule has 0 saturated heterocycles. The molecule has 0 aliphatic rings. The van der Waals surface area contributed by atoms with Crippen LogP contribution in [0, 0.1) is 13.8 Å². The van der Waals surface area contributed by atoms with Crippen LogP contribution in [0.1, 0.15) is 41.2 Å². The van der Waals surface area contributed by atoms with Gasteiger partial charge in [-0.2, -0.15) is 5.10 Å². The summed E-state index contributed by atoms with van der Waals surface area (Å²) in [6, 6.07) is 3.71. The summed E-state index contributed by atoms with van der Waals surface area (Å²) in [5, 5.41) is 9.71. The first-order valence-electron chi connectivity index (χ1n) is 6.89. The fourth-order valence-electron chi connectivity index (χ4n) is 2.04. The summed E-state index contributed by atoms with van der Waals surface area (Å²) < 4.78 is 5.63. The Morgan fingerprint density at radius 2 is 2.19 bits per heavy atom. The van der Waals surface area contributed by atoms with Crippen molar-refractivity contribution in [3.05, 3.63) is 40.8 Å². The molecule has 2 heterocycles. The molecule has 2 aromatic heterocycles. The molecule has 0 aromatic carbocycles. The Kier molecular flexibility index (Phi) is 4.57. The Morgan fingerprint density at radius 3 is 2.81 bits per heavy atom. The van der Waals surface area contributed by atoms with Crippen LogP contribution in [0.15, 0.2) is 18.3 Å². The van der Waals surface area contributed by atoms with Crippen molar-refractivity contribution >= 4 is 5.91 Å². The molecule has 2 rings (SSSR count). The zero-order chi connectivity index (χ0) is 15.4. The number of aromatic nitrogens is 3. The molecule has 0 fully saturated rings. The van der Waals surface area contributed by atoms with Crippen LogP contribution in [0.3, 0.4) is 0 Å². The highest BCUT2D eigenvalue weighted by Gasteiger charge is 2.15. The molecular weight excluding hydrogens is 268 g/mol.